The zero-order valence-electron chi connectivity index (χ0n) is 12.6. The quantitative estimate of drug-likeness (QED) is 0.572. The van der Waals surface area contributed by atoms with Crippen LogP contribution in [0.2, 0.25) is 0 Å². The number of aromatic carboxylic acids is 1. The number of rotatable bonds is 7. The summed E-state index contributed by atoms with van der Waals surface area (Å²) in [6.45, 7) is 0.408. The summed E-state index contributed by atoms with van der Waals surface area (Å²) >= 11 is 0. The molecule has 0 spiro atoms. The molecular weight excluding hydrogens is 314 g/mol. The molecule has 0 saturated heterocycles. The molecule has 7 nitrogen and oxygen atoms in total. The second-order valence-corrected chi connectivity index (χ2v) is 5.20. The molecule has 0 atom stereocenters. The SMILES string of the molecule is O=C(O)COCCNc1ccc2c(c1)oc1cc(C(=O)O)ccc12. The molecule has 0 saturated carbocycles. The maximum atomic E-state index is 11.0. The third-order valence-corrected chi connectivity index (χ3v) is 3.52. The smallest absolute Gasteiger partial charge is 0.335 e. The van der Waals surface area contributed by atoms with E-state index in [9.17, 15) is 9.59 Å². The number of ether oxygens (including phenoxy) is 1. The summed E-state index contributed by atoms with van der Waals surface area (Å²) in [5, 5.41) is 22.4. The lowest BCUT2D eigenvalue weighted by atomic mass is 10.1. The molecule has 2 aromatic carbocycles. The first-order valence-corrected chi connectivity index (χ1v) is 7.27. The normalized spacial score (nSPS) is 11.0. The summed E-state index contributed by atoms with van der Waals surface area (Å²) in [7, 11) is 0. The van der Waals surface area contributed by atoms with Crippen LogP contribution in [0.4, 0.5) is 5.69 Å². The van der Waals surface area contributed by atoms with Crippen molar-refractivity contribution in [2.24, 2.45) is 0 Å². The topological polar surface area (TPSA) is 109 Å². The predicted octanol–water partition coefficient (Wildman–Crippen LogP) is 2.80. The first-order valence-electron chi connectivity index (χ1n) is 7.27. The van der Waals surface area contributed by atoms with E-state index in [-0.39, 0.29) is 18.8 Å². The van der Waals surface area contributed by atoms with Crippen molar-refractivity contribution in [3.63, 3.8) is 0 Å². The van der Waals surface area contributed by atoms with Crippen LogP contribution in [-0.4, -0.2) is 41.9 Å². The highest BCUT2D eigenvalue weighted by Crippen LogP contribution is 2.31. The van der Waals surface area contributed by atoms with E-state index in [0.29, 0.717) is 17.7 Å². The average Bonchev–Trinajstić information content (AvgIpc) is 2.90. The van der Waals surface area contributed by atoms with Crippen LogP contribution in [0.3, 0.4) is 0 Å². The Bertz CT molecular complexity index is 914. The number of nitrogens with one attached hydrogen (secondary N) is 1. The summed E-state index contributed by atoms with van der Waals surface area (Å²) in [6, 6.07) is 10.4. The van der Waals surface area contributed by atoms with Crippen molar-refractivity contribution in [1.29, 1.82) is 0 Å². The van der Waals surface area contributed by atoms with Gasteiger partial charge in [0.25, 0.3) is 0 Å². The second-order valence-electron chi connectivity index (χ2n) is 5.20. The van der Waals surface area contributed by atoms with Crippen molar-refractivity contribution in [1.82, 2.24) is 0 Å². The van der Waals surface area contributed by atoms with Crippen LogP contribution in [0, 0.1) is 0 Å². The summed E-state index contributed by atoms with van der Waals surface area (Å²) in [5.41, 5.74) is 2.14. The van der Waals surface area contributed by atoms with Crippen LogP contribution < -0.4 is 5.32 Å². The van der Waals surface area contributed by atoms with E-state index in [0.717, 1.165) is 16.5 Å². The molecule has 0 unspecified atom stereocenters. The van der Waals surface area contributed by atoms with E-state index >= 15 is 0 Å². The zero-order chi connectivity index (χ0) is 17.1. The van der Waals surface area contributed by atoms with Gasteiger partial charge in [0, 0.05) is 29.1 Å². The van der Waals surface area contributed by atoms with Gasteiger partial charge in [0.1, 0.15) is 17.8 Å². The Morgan fingerprint density at radius 3 is 2.46 bits per heavy atom. The van der Waals surface area contributed by atoms with Gasteiger partial charge in [-0.1, -0.05) is 0 Å². The van der Waals surface area contributed by atoms with Crippen molar-refractivity contribution in [2.45, 2.75) is 0 Å². The number of furan rings is 1. The Labute approximate surface area is 136 Å². The minimum absolute atomic E-state index is 0.176. The third-order valence-electron chi connectivity index (χ3n) is 3.52. The first-order chi connectivity index (χ1) is 11.5. The number of hydrogen-bond acceptors (Lipinski definition) is 5. The fraction of sp³-hybridized carbons (Fsp3) is 0.176. The Morgan fingerprint density at radius 1 is 1.04 bits per heavy atom. The van der Waals surface area contributed by atoms with Crippen molar-refractivity contribution < 1.29 is 29.0 Å². The maximum absolute atomic E-state index is 11.0. The Hall–Kier alpha value is -3.06. The van der Waals surface area contributed by atoms with Gasteiger partial charge in [0.2, 0.25) is 0 Å². The van der Waals surface area contributed by atoms with Crippen LogP contribution in [0.5, 0.6) is 0 Å². The number of benzene rings is 2. The molecule has 0 bridgehead atoms. The molecule has 3 rings (SSSR count). The summed E-state index contributed by atoms with van der Waals surface area (Å²) in [4.78, 5) is 21.4. The predicted molar refractivity (Wildman–Crippen MR) is 87.6 cm³/mol. The Morgan fingerprint density at radius 2 is 1.75 bits per heavy atom. The summed E-state index contributed by atoms with van der Waals surface area (Å²) in [6.07, 6.45) is 0. The highest BCUT2D eigenvalue weighted by molar-refractivity contribution is 6.07. The molecule has 124 valence electrons. The molecule has 1 aromatic heterocycles. The fourth-order valence-electron chi connectivity index (χ4n) is 2.45. The van der Waals surface area contributed by atoms with Crippen LogP contribution in [0.1, 0.15) is 10.4 Å². The van der Waals surface area contributed by atoms with E-state index in [4.69, 9.17) is 19.4 Å². The number of carboxylic acid groups (broad SMARTS) is 2. The minimum atomic E-state index is -1.00. The zero-order valence-corrected chi connectivity index (χ0v) is 12.6. The maximum Gasteiger partial charge on any atom is 0.335 e. The van der Waals surface area contributed by atoms with E-state index in [1.165, 1.54) is 6.07 Å². The standard InChI is InChI=1S/C17H15NO6/c19-16(20)9-23-6-5-18-11-2-4-13-12-3-1-10(17(21)22)7-14(12)24-15(13)8-11/h1-4,7-8,18H,5-6,9H2,(H,19,20)(H,21,22). The molecule has 7 heteroatoms. The van der Waals surface area contributed by atoms with Crippen molar-refractivity contribution in [2.75, 3.05) is 25.1 Å². The number of hydrogen-bond donors (Lipinski definition) is 3. The van der Waals surface area contributed by atoms with Gasteiger partial charge in [-0.3, -0.25) is 0 Å². The van der Waals surface area contributed by atoms with Gasteiger partial charge in [-0.2, -0.15) is 0 Å². The van der Waals surface area contributed by atoms with Gasteiger partial charge in [-0.25, -0.2) is 9.59 Å². The minimum Gasteiger partial charge on any atom is -0.480 e. The molecule has 0 aliphatic carbocycles. The fourth-order valence-corrected chi connectivity index (χ4v) is 2.45. The monoisotopic (exact) mass is 329 g/mol. The molecular formula is C17H15NO6. The van der Waals surface area contributed by atoms with Gasteiger partial charge in [-0.05, 0) is 30.3 Å². The molecule has 0 amide bonds. The van der Waals surface area contributed by atoms with Gasteiger partial charge in [0.15, 0.2) is 0 Å². The van der Waals surface area contributed by atoms with Crippen LogP contribution in [-0.2, 0) is 9.53 Å². The molecule has 24 heavy (non-hydrogen) atoms. The van der Waals surface area contributed by atoms with Gasteiger partial charge in [0.05, 0.1) is 12.2 Å². The third kappa shape index (κ3) is 3.31. The van der Waals surface area contributed by atoms with E-state index in [2.05, 4.69) is 5.32 Å². The van der Waals surface area contributed by atoms with Crippen LogP contribution in [0.15, 0.2) is 40.8 Å². The second kappa shape index (κ2) is 6.59. The van der Waals surface area contributed by atoms with E-state index in [1.807, 2.05) is 18.2 Å². The number of carboxylic acids is 2. The molecule has 3 aromatic rings. The van der Waals surface area contributed by atoms with E-state index in [1.54, 1.807) is 12.1 Å². The largest absolute Gasteiger partial charge is 0.480 e. The highest BCUT2D eigenvalue weighted by atomic mass is 16.5. The lowest BCUT2D eigenvalue weighted by Crippen LogP contribution is -2.13. The average molecular weight is 329 g/mol. The first kappa shape index (κ1) is 15.8. The van der Waals surface area contributed by atoms with Gasteiger partial charge < -0.3 is 24.7 Å². The summed E-state index contributed by atoms with van der Waals surface area (Å²) in [5.74, 6) is -2.00. The van der Waals surface area contributed by atoms with Gasteiger partial charge >= 0.3 is 11.9 Å². The Balaban J connectivity index is 1.77. The number of anilines is 1. The van der Waals surface area contributed by atoms with E-state index < -0.39 is 11.9 Å². The molecule has 3 N–H and O–H groups in total. The van der Waals surface area contributed by atoms with Crippen molar-refractivity contribution >= 4 is 39.6 Å². The molecule has 1 heterocycles. The molecule has 0 fully saturated rings. The van der Waals surface area contributed by atoms with Crippen LogP contribution >= 0.6 is 0 Å². The number of aliphatic carboxylic acids is 1. The Kier molecular flexibility index (Phi) is 4.35. The number of fused-ring (bicyclic) bond motifs is 3. The molecule has 0 aliphatic rings. The lowest BCUT2D eigenvalue weighted by Gasteiger charge is -2.06. The molecule has 0 aliphatic heterocycles. The lowest BCUT2D eigenvalue weighted by molar-refractivity contribution is -0.142. The highest BCUT2D eigenvalue weighted by Gasteiger charge is 2.10. The summed E-state index contributed by atoms with van der Waals surface area (Å²) < 4.78 is 10.7. The number of carbonyl (C=O) groups is 2. The van der Waals surface area contributed by atoms with Gasteiger partial charge in [-0.15, -0.1) is 0 Å². The van der Waals surface area contributed by atoms with Crippen LogP contribution in [0.25, 0.3) is 21.9 Å². The molecule has 0 radical (unpaired) electrons. The van der Waals surface area contributed by atoms with Crippen molar-refractivity contribution in [3.05, 3.63) is 42.0 Å². The van der Waals surface area contributed by atoms with Crippen molar-refractivity contribution in [3.8, 4) is 0 Å².